The lowest BCUT2D eigenvalue weighted by Gasteiger charge is -2.25. The van der Waals surface area contributed by atoms with Crippen molar-refractivity contribution in [3.05, 3.63) is 66.4 Å². The highest BCUT2D eigenvalue weighted by molar-refractivity contribution is 5.94. The number of rotatable bonds is 5. The molecule has 1 aromatic heterocycles. The molecule has 138 valence electrons. The molecule has 0 spiro atoms. The predicted molar refractivity (Wildman–Crippen MR) is 99.3 cm³/mol. The number of benzene rings is 2. The van der Waals surface area contributed by atoms with E-state index in [1.54, 1.807) is 30.1 Å². The Morgan fingerprint density at radius 2 is 1.96 bits per heavy atom. The molecule has 2 heterocycles. The molecule has 3 aromatic rings. The van der Waals surface area contributed by atoms with Crippen LogP contribution in [0.4, 0.5) is 5.82 Å². The van der Waals surface area contributed by atoms with Crippen molar-refractivity contribution in [3.63, 3.8) is 0 Å². The molecule has 0 saturated carbocycles. The number of fused-ring (bicyclic) bond motifs is 1. The average molecular weight is 365 g/mol. The van der Waals surface area contributed by atoms with E-state index >= 15 is 0 Å². The van der Waals surface area contributed by atoms with Crippen LogP contribution >= 0.6 is 0 Å². The van der Waals surface area contributed by atoms with Gasteiger partial charge in [-0.2, -0.15) is 5.10 Å². The number of hydrogen-bond donors (Lipinski definition) is 1. The third kappa shape index (κ3) is 3.72. The van der Waals surface area contributed by atoms with Gasteiger partial charge in [-0.3, -0.25) is 4.79 Å². The molecule has 7 heteroatoms. The smallest absolute Gasteiger partial charge is 0.270 e. The fourth-order valence-corrected chi connectivity index (χ4v) is 2.82. The van der Waals surface area contributed by atoms with Gasteiger partial charge in [0.15, 0.2) is 11.5 Å². The molecule has 0 saturated heterocycles. The first-order chi connectivity index (χ1) is 13.2. The molecule has 0 aliphatic carbocycles. The summed E-state index contributed by atoms with van der Waals surface area (Å²) in [6.07, 6.45) is 0.927. The zero-order chi connectivity index (χ0) is 18.6. The van der Waals surface area contributed by atoms with Crippen LogP contribution in [0.2, 0.25) is 0 Å². The fourth-order valence-electron chi connectivity index (χ4n) is 2.82. The third-order valence-corrected chi connectivity index (χ3v) is 4.26. The van der Waals surface area contributed by atoms with E-state index in [0.717, 1.165) is 11.3 Å². The van der Waals surface area contributed by atoms with Crippen molar-refractivity contribution in [1.29, 1.82) is 0 Å². The monoisotopic (exact) mass is 365 g/mol. The summed E-state index contributed by atoms with van der Waals surface area (Å²) < 4.78 is 18.2. The molecule has 1 unspecified atom stereocenters. The SMILES string of the molecule is COc1ccc(Cn2nccc2NC(=O)C2COc3ccccc3O2)cc1. The Morgan fingerprint density at radius 1 is 1.19 bits per heavy atom. The number of nitrogens with one attached hydrogen (secondary N) is 1. The molecule has 1 N–H and O–H groups in total. The van der Waals surface area contributed by atoms with E-state index in [2.05, 4.69) is 10.4 Å². The van der Waals surface area contributed by atoms with Gasteiger partial charge in [0, 0.05) is 6.07 Å². The van der Waals surface area contributed by atoms with Gasteiger partial charge in [-0.1, -0.05) is 24.3 Å². The first-order valence-electron chi connectivity index (χ1n) is 8.57. The summed E-state index contributed by atoms with van der Waals surface area (Å²) in [6.45, 7) is 0.687. The van der Waals surface area contributed by atoms with Gasteiger partial charge >= 0.3 is 0 Å². The van der Waals surface area contributed by atoms with Crippen LogP contribution < -0.4 is 19.5 Å². The van der Waals surface area contributed by atoms with Gasteiger partial charge in [-0.25, -0.2) is 4.68 Å². The van der Waals surface area contributed by atoms with E-state index in [-0.39, 0.29) is 12.5 Å². The second kappa shape index (κ2) is 7.41. The maximum absolute atomic E-state index is 12.6. The Morgan fingerprint density at radius 3 is 2.74 bits per heavy atom. The normalized spacial score (nSPS) is 15.2. The number of aromatic nitrogens is 2. The Labute approximate surface area is 156 Å². The van der Waals surface area contributed by atoms with E-state index < -0.39 is 6.10 Å². The number of para-hydroxylation sites is 2. The zero-order valence-electron chi connectivity index (χ0n) is 14.8. The summed E-state index contributed by atoms with van der Waals surface area (Å²) in [5.74, 6) is 2.32. The largest absolute Gasteiger partial charge is 0.497 e. The van der Waals surface area contributed by atoms with E-state index in [1.807, 2.05) is 42.5 Å². The zero-order valence-corrected chi connectivity index (χ0v) is 14.8. The first kappa shape index (κ1) is 17.0. The van der Waals surface area contributed by atoms with Crippen LogP contribution in [0.25, 0.3) is 0 Å². The van der Waals surface area contributed by atoms with Gasteiger partial charge in [-0.15, -0.1) is 0 Å². The molecule has 1 atom stereocenters. The Kier molecular flexibility index (Phi) is 4.65. The Hall–Kier alpha value is -3.48. The minimum absolute atomic E-state index is 0.162. The number of anilines is 1. The van der Waals surface area contributed by atoms with Crippen molar-refractivity contribution in [2.24, 2.45) is 0 Å². The second-order valence-electron chi connectivity index (χ2n) is 6.08. The number of nitrogens with zero attached hydrogens (tertiary/aromatic N) is 2. The molecule has 1 aliphatic rings. The minimum atomic E-state index is -0.718. The van der Waals surface area contributed by atoms with Crippen molar-refractivity contribution in [1.82, 2.24) is 9.78 Å². The van der Waals surface area contributed by atoms with Crippen LogP contribution in [0, 0.1) is 0 Å². The Balaban J connectivity index is 1.43. The van der Waals surface area contributed by atoms with Crippen LogP contribution in [-0.4, -0.2) is 35.5 Å². The topological polar surface area (TPSA) is 74.6 Å². The molecule has 7 nitrogen and oxygen atoms in total. The van der Waals surface area contributed by atoms with Crippen molar-refractivity contribution < 1.29 is 19.0 Å². The summed E-state index contributed by atoms with van der Waals surface area (Å²) >= 11 is 0. The van der Waals surface area contributed by atoms with Gasteiger partial charge in [0.25, 0.3) is 5.91 Å². The van der Waals surface area contributed by atoms with Gasteiger partial charge in [0.2, 0.25) is 6.10 Å². The predicted octanol–water partition coefficient (Wildman–Crippen LogP) is 2.72. The lowest BCUT2D eigenvalue weighted by atomic mass is 10.2. The number of amides is 1. The Bertz CT molecular complexity index is 936. The van der Waals surface area contributed by atoms with E-state index in [9.17, 15) is 4.79 Å². The highest BCUT2D eigenvalue weighted by Gasteiger charge is 2.27. The molecule has 2 aromatic carbocycles. The summed E-state index contributed by atoms with van der Waals surface area (Å²) in [5.41, 5.74) is 1.04. The van der Waals surface area contributed by atoms with Crippen molar-refractivity contribution in [2.75, 3.05) is 19.0 Å². The van der Waals surface area contributed by atoms with Crippen LogP contribution in [0.3, 0.4) is 0 Å². The van der Waals surface area contributed by atoms with E-state index in [0.29, 0.717) is 23.9 Å². The molecule has 4 rings (SSSR count). The van der Waals surface area contributed by atoms with Gasteiger partial charge in [0.1, 0.15) is 18.2 Å². The number of carbonyl (C=O) groups is 1. The minimum Gasteiger partial charge on any atom is -0.497 e. The molecule has 1 aliphatic heterocycles. The van der Waals surface area contributed by atoms with E-state index in [1.165, 1.54) is 0 Å². The van der Waals surface area contributed by atoms with Gasteiger partial charge < -0.3 is 19.5 Å². The third-order valence-electron chi connectivity index (χ3n) is 4.26. The summed E-state index contributed by atoms with van der Waals surface area (Å²) in [5, 5.41) is 7.15. The van der Waals surface area contributed by atoms with E-state index in [4.69, 9.17) is 14.2 Å². The molecule has 0 fully saturated rings. The van der Waals surface area contributed by atoms with Crippen molar-refractivity contribution in [3.8, 4) is 17.2 Å². The summed E-state index contributed by atoms with van der Waals surface area (Å²) in [7, 11) is 1.63. The molecular weight excluding hydrogens is 346 g/mol. The molecule has 0 radical (unpaired) electrons. The van der Waals surface area contributed by atoms with Crippen molar-refractivity contribution >= 4 is 11.7 Å². The van der Waals surface area contributed by atoms with Crippen LogP contribution in [-0.2, 0) is 11.3 Å². The summed E-state index contributed by atoms with van der Waals surface area (Å²) in [4.78, 5) is 12.6. The fraction of sp³-hybridized carbons (Fsp3) is 0.200. The van der Waals surface area contributed by atoms with Gasteiger partial charge in [-0.05, 0) is 29.8 Å². The van der Waals surface area contributed by atoms with Gasteiger partial charge in [0.05, 0.1) is 19.9 Å². The maximum Gasteiger partial charge on any atom is 0.270 e. The molecule has 0 bridgehead atoms. The molecule has 1 amide bonds. The standard InChI is InChI=1S/C20H19N3O4/c1-25-15-8-6-14(7-9-15)12-23-19(10-11-21-23)22-20(24)18-13-26-16-4-2-3-5-17(16)27-18/h2-11,18H,12-13H2,1H3,(H,22,24). The quantitative estimate of drug-likeness (QED) is 0.752. The van der Waals surface area contributed by atoms with Crippen LogP contribution in [0.15, 0.2) is 60.8 Å². The second-order valence-corrected chi connectivity index (χ2v) is 6.08. The number of carbonyl (C=O) groups excluding carboxylic acids is 1. The van der Waals surface area contributed by atoms with Crippen molar-refractivity contribution in [2.45, 2.75) is 12.6 Å². The highest BCUT2D eigenvalue weighted by Crippen LogP contribution is 2.31. The van der Waals surface area contributed by atoms with Crippen LogP contribution in [0.5, 0.6) is 17.2 Å². The van der Waals surface area contributed by atoms with Crippen LogP contribution in [0.1, 0.15) is 5.56 Å². The molecule has 27 heavy (non-hydrogen) atoms. The number of ether oxygens (including phenoxy) is 3. The average Bonchev–Trinajstić information content (AvgIpc) is 3.14. The lowest BCUT2D eigenvalue weighted by molar-refractivity contribution is -0.125. The number of methoxy groups -OCH3 is 1. The lowest BCUT2D eigenvalue weighted by Crippen LogP contribution is -2.40. The highest BCUT2D eigenvalue weighted by atomic mass is 16.6. The molecular formula is C20H19N3O4. The number of hydrogen-bond acceptors (Lipinski definition) is 5. The maximum atomic E-state index is 12.6. The first-order valence-corrected chi connectivity index (χ1v) is 8.57. The summed E-state index contributed by atoms with van der Waals surface area (Å²) in [6, 6.07) is 16.7.